The lowest BCUT2D eigenvalue weighted by Gasteiger charge is -2.09. The number of halogens is 2. The molecule has 1 aromatic heterocycles. The van der Waals surface area contributed by atoms with Gasteiger partial charge in [-0.2, -0.15) is 0 Å². The number of aryl methyl sites for hydroxylation is 1. The quantitative estimate of drug-likeness (QED) is 0.779. The Morgan fingerprint density at radius 2 is 2.24 bits per heavy atom. The molecule has 0 saturated heterocycles. The van der Waals surface area contributed by atoms with Crippen LogP contribution in [0.3, 0.4) is 0 Å². The number of imidazole rings is 1. The monoisotopic (exact) mass is 364 g/mol. The summed E-state index contributed by atoms with van der Waals surface area (Å²) in [7, 11) is 0. The van der Waals surface area contributed by atoms with Crippen molar-refractivity contribution in [3.05, 3.63) is 46.1 Å². The first-order chi connectivity index (χ1) is 7.75. The molecule has 92 valence electrons. The highest BCUT2D eigenvalue weighted by molar-refractivity contribution is 14.1. The van der Waals surface area contributed by atoms with Gasteiger partial charge in [-0.05, 0) is 53.3 Å². The van der Waals surface area contributed by atoms with E-state index < -0.39 is 0 Å². The Morgan fingerprint density at radius 3 is 2.88 bits per heavy atom. The minimum Gasteiger partial charge on any atom is -0.491 e. The molecule has 1 aromatic carbocycles. The largest absolute Gasteiger partial charge is 0.491 e. The number of hydrogen-bond acceptors (Lipinski definition) is 2. The number of aromatic nitrogens is 2. The van der Waals surface area contributed by atoms with Gasteiger partial charge >= 0.3 is 0 Å². The van der Waals surface area contributed by atoms with Crippen LogP contribution in [0.4, 0.5) is 0 Å². The third kappa shape index (κ3) is 4.20. The molecule has 0 aliphatic rings. The highest BCUT2D eigenvalue weighted by Crippen LogP contribution is 2.19. The molecule has 0 bridgehead atoms. The van der Waals surface area contributed by atoms with Crippen LogP contribution in [0.5, 0.6) is 5.75 Å². The van der Waals surface area contributed by atoms with Gasteiger partial charge in [0.2, 0.25) is 0 Å². The zero-order valence-electron chi connectivity index (χ0n) is 9.47. The normalized spacial score (nSPS) is 9.76. The van der Waals surface area contributed by atoms with E-state index in [0.717, 1.165) is 12.3 Å². The first-order valence-electron chi connectivity index (χ1n) is 5.10. The topological polar surface area (TPSA) is 27.1 Å². The predicted molar refractivity (Wildman–Crippen MR) is 78.9 cm³/mol. The summed E-state index contributed by atoms with van der Waals surface area (Å²) in [4.78, 5) is 3.98. The average molecular weight is 365 g/mol. The number of nitrogens with zero attached hydrogens (tertiary/aromatic N) is 2. The smallest absolute Gasteiger partial charge is 0.122 e. The molecule has 0 saturated carbocycles. The molecule has 0 aliphatic carbocycles. The fraction of sp³-hybridized carbons (Fsp3) is 0.250. The molecule has 0 unspecified atom stereocenters. The van der Waals surface area contributed by atoms with Crippen LogP contribution in [0.25, 0.3) is 0 Å². The zero-order valence-corrected chi connectivity index (χ0v) is 12.4. The maximum atomic E-state index is 5.71. The lowest BCUT2D eigenvalue weighted by Crippen LogP contribution is -2.07. The molecule has 17 heavy (non-hydrogen) atoms. The van der Waals surface area contributed by atoms with Gasteiger partial charge in [0.25, 0.3) is 0 Å². The van der Waals surface area contributed by atoms with Crippen LogP contribution >= 0.6 is 35.0 Å². The van der Waals surface area contributed by atoms with Gasteiger partial charge in [-0.1, -0.05) is 0 Å². The maximum Gasteiger partial charge on any atom is 0.122 e. The molecule has 1 heterocycles. The fourth-order valence-corrected chi connectivity index (χ4v) is 2.10. The van der Waals surface area contributed by atoms with Crippen LogP contribution in [0, 0.1) is 10.5 Å². The van der Waals surface area contributed by atoms with E-state index in [1.54, 1.807) is 12.5 Å². The molecule has 0 fully saturated rings. The summed E-state index contributed by atoms with van der Waals surface area (Å²) in [5.41, 5.74) is 1.18. The average Bonchev–Trinajstić information content (AvgIpc) is 2.74. The van der Waals surface area contributed by atoms with E-state index in [0.29, 0.717) is 6.61 Å². The van der Waals surface area contributed by atoms with E-state index >= 15 is 0 Å². The SMILES string of the molecule is Cc1cc(I)ccc1OCCn1ccnc1.Cl. The Labute approximate surface area is 121 Å². The molecule has 2 aromatic rings. The van der Waals surface area contributed by atoms with Gasteiger partial charge in [0.1, 0.15) is 12.4 Å². The highest BCUT2D eigenvalue weighted by atomic mass is 127. The molecule has 2 rings (SSSR count). The van der Waals surface area contributed by atoms with Crippen molar-refractivity contribution in [2.24, 2.45) is 0 Å². The number of rotatable bonds is 4. The zero-order chi connectivity index (χ0) is 11.4. The molecule has 0 radical (unpaired) electrons. The Hall–Kier alpha value is -0.750. The van der Waals surface area contributed by atoms with Crippen LogP contribution in [-0.4, -0.2) is 16.2 Å². The second-order valence-electron chi connectivity index (χ2n) is 3.56. The standard InChI is InChI=1S/C12H13IN2O.ClH/c1-10-8-11(13)2-3-12(10)16-7-6-15-5-4-14-9-15;/h2-5,8-9H,6-7H2,1H3;1H. The van der Waals surface area contributed by atoms with Crippen molar-refractivity contribution in [1.29, 1.82) is 0 Å². The van der Waals surface area contributed by atoms with E-state index in [4.69, 9.17) is 4.74 Å². The summed E-state index contributed by atoms with van der Waals surface area (Å²) in [6.45, 7) is 3.55. The highest BCUT2D eigenvalue weighted by Gasteiger charge is 1.99. The molecule has 0 aliphatic heterocycles. The maximum absolute atomic E-state index is 5.71. The van der Waals surface area contributed by atoms with Crippen molar-refractivity contribution in [2.75, 3.05) is 6.61 Å². The summed E-state index contributed by atoms with van der Waals surface area (Å²) in [6, 6.07) is 6.19. The Morgan fingerprint density at radius 1 is 1.41 bits per heavy atom. The fourth-order valence-electron chi connectivity index (χ4n) is 1.45. The molecule has 3 nitrogen and oxygen atoms in total. The second kappa shape index (κ2) is 6.86. The first kappa shape index (κ1) is 14.3. The molecule has 0 amide bonds. The van der Waals surface area contributed by atoms with E-state index in [9.17, 15) is 0 Å². The summed E-state index contributed by atoms with van der Waals surface area (Å²) in [5.74, 6) is 0.959. The van der Waals surface area contributed by atoms with Gasteiger partial charge in [-0.15, -0.1) is 12.4 Å². The summed E-state index contributed by atoms with van der Waals surface area (Å²) in [5, 5.41) is 0. The van der Waals surface area contributed by atoms with Crippen molar-refractivity contribution in [1.82, 2.24) is 9.55 Å². The summed E-state index contributed by atoms with van der Waals surface area (Å²) in [6.07, 6.45) is 5.50. The van der Waals surface area contributed by atoms with Gasteiger partial charge in [0, 0.05) is 16.0 Å². The van der Waals surface area contributed by atoms with Gasteiger partial charge in [-0.25, -0.2) is 4.98 Å². The molecular formula is C12H14ClIN2O. The van der Waals surface area contributed by atoms with Gasteiger partial charge in [0.05, 0.1) is 12.9 Å². The number of benzene rings is 1. The number of hydrogen-bond donors (Lipinski definition) is 0. The Bertz CT molecular complexity index is 460. The van der Waals surface area contributed by atoms with Crippen LogP contribution in [0.15, 0.2) is 36.9 Å². The van der Waals surface area contributed by atoms with E-state index in [-0.39, 0.29) is 12.4 Å². The van der Waals surface area contributed by atoms with Crippen LogP contribution in [0.2, 0.25) is 0 Å². The summed E-state index contributed by atoms with van der Waals surface area (Å²) < 4.78 is 8.95. The molecule has 5 heteroatoms. The van der Waals surface area contributed by atoms with Crippen LogP contribution in [-0.2, 0) is 6.54 Å². The van der Waals surface area contributed by atoms with E-state index in [1.165, 1.54) is 9.13 Å². The lowest BCUT2D eigenvalue weighted by atomic mass is 10.2. The van der Waals surface area contributed by atoms with E-state index in [1.807, 2.05) is 16.8 Å². The van der Waals surface area contributed by atoms with Gasteiger partial charge < -0.3 is 9.30 Å². The lowest BCUT2D eigenvalue weighted by molar-refractivity contribution is 0.296. The molecule has 0 spiro atoms. The van der Waals surface area contributed by atoms with Crippen LogP contribution < -0.4 is 4.74 Å². The molecule has 0 atom stereocenters. The van der Waals surface area contributed by atoms with Crippen molar-refractivity contribution in [3.8, 4) is 5.75 Å². The second-order valence-corrected chi connectivity index (χ2v) is 4.80. The third-order valence-electron chi connectivity index (χ3n) is 2.30. The van der Waals surface area contributed by atoms with Crippen molar-refractivity contribution >= 4 is 35.0 Å². The van der Waals surface area contributed by atoms with Crippen molar-refractivity contribution in [3.63, 3.8) is 0 Å². The van der Waals surface area contributed by atoms with Crippen molar-refractivity contribution in [2.45, 2.75) is 13.5 Å². The van der Waals surface area contributed by atoms with E-state index in [2.05, 4.69) is 46.6 Å². The Kier molecular flexibility index (Phi) is 5.77. The van der Waals surface area contributed by atoms with Gasteiger partial charge in [-0.3, -0.25) is 0 Å². The Balaban J connectivity index is 0.00000144. The van der Waals surface area contributed by atoms with Crippen molar-refractivity contribution < 1.29 is 4.74 Å². The number of ether oxygens (including phenoxy) is 1. The molecule has 0 N–H and O–H groups in total. The summed E-state index contributed by atoms with van der Waals surface area (Å²) >= 11 is 2.30. The van der Waals surface area contributed by atoms with Crippen LogP contribution in [0.1, 0.15) is 5.56 Å². The first-order valence-corrected chi connectivity index (χ1v) is 6.18. The minimum absolute atomic E-state index is 0. The van der Waals surface area contributed by atoms with Gasteiger partial charge in [0.15, 0.2) is 0 Å². The predicted octanol–water partition coefficient (Wildman–Crippen LogP) is 3.30. The molecular weight excluding hydrogens is 351 g/mol. The minimum atomic E-state index is 0. The third-order valence-corrected chi connectivity index (χ3v) is 2.97.